The van der Waals surface area contributed by atoms with Crippen molar-refractivity contribution in [1.82, 2.24) is 20.5 Å². The Morgan fingerprint density at radius 1 is 1.38 bits per heavy atom. The number of rotatable bonds is 6. The van der Waals surface area contributed by atoms with E-state index < -0.39 is 0 Å². The third-order valence-electron chi connectivity index (χ3n) is 4.92. The van der Waals surface area contributed by atoms with Gasteiger partial charge in [0.2, 0.25) is 0 Å². The number of likely N-dealkylation sites (tertiary alicyclic amines) is 1. The first-order valence-corrected chi connectivity index (χ1v) is 11.0. The van der Waals surface area contributed by atoms with Crippen LogP contribution in [0.5, 0.6) is 0 Å². The smallest absolute Gasteiger partial charge is 0.191 e. The summed E-state index contributed by atoms with van der Waals surface area (Å²) in [6.07, 6.45) is 4.52. The molecule has 2 aromatic heterocycles. The van der Waals surface area contributed by atoms with Crippen LogP contribution in [-0.4, -0.2) is 42.5 Å². The number of hydrogen-bond donors (Lipinski definition) is 2. The van der Waals surface area contributed by atoms with Crippen molar-refractivity contribution in [2.45, 2.75) is 39.3 Å². The van der Waals surface area contributed by atoms with Gasteiger partial charge in [0.1, 0.15) is 0 Å². The zero-order valence-corrected chi connectivity index (χ0v) is 17.5. The molecular formula is C19H29N5S2. The number of guanidine groups is 1. The predicted octanol–water partition coefficient (Wildman–Crippen LogP) is 3.65. The van der Waals surface area contributed by atoms with Gasteiger partial charge in [-0.2, -0.15) is 0 Å². The van der Waals surface area contributed by atoms with Crippen molar-refractivity contribution in [3.8, 4) is 0 Å². The molecule has 2 N–H and O–H groups in total. The van der Waals surface area contributed by atoms with E-state index in [1.54, 1.807) is 11.3 Å². The molecule has 1 saturated heterocycles. The van der Waals surface area contributed by atoms with Gasteiger partial charge in [-0.3, -0.25) is 9.89 Å². The topological polar surface area (TPSA) is 52.6 Å². The number of nitrogens with one attached hydrogen (secondary N) is 2. The van der Waals surface area contributed by atoms with Gasteiger partial charge in [-0.15, -0.1) is 22.7 Å². The van der Waals surface area contributed by atoms with Gasteiger partial charge in [0, 0.05) is 29.5 Å². The van der Waals surface area contributed by atoms with Crippen LogP contribution >= 0.6 is 22.7 Å². The van der Waals surface area contributed by atoms with E-state index in [0.717, 1.165) is 30.0 Å². The summed E-state index contributed by atoms with van der Waals surface area (Å²) in [4.78, 5) is 14.0. The van der Waals surface area contributed by atoms with E-state index in [1.165, 1.54) is 35.7 Å². The average molecular weight is 392 g/mol. The molecule has 0 bridgehead atoms. The Hall–Kier alpha value is -1.44. The number of hydrogen-bond acceptors (Lipinski definition) is 5. The standard InChI is InChI=1S/C19H29N5S2/c1-14-6-8-24(9-7-14)17(18-5-4-10-25-18)13-23-19(20-3)22-12-16-11-21-15(2)26-16/h4-5,10-11,14,17H,6-9,12-13H2,1-3H3,(H2,20,22,23). The molecule has 0 aliphatic carbocycles. The van der Waals surface area contributed by atoms with E-state index in [4.69, 9.17) is 0 Å². The molecule has 0 aromatic carbocycles. The molecule has 5 nitrogen and oxygen atoms in total. The van der Waals surface area contributed by atoms with Crippen LogP contribution < -0.4 is 10.6 Å². The molecule has 1 fully saturated rings. The highest BCUT2D eigenvalue weighted by atomic mass is 32.1. The normalized spacial score (nSPS) is 18.0. The lowest BCUT2D eigenvalue weighted by atomic mass is 9.97. The molecule has 0 radical (unpaired) electrons. The minimum Gasteiger partial charge on any atom is -0.354 e. The Kier molecular flexibility index (Phi) is 7.05. The first-order chi connectivity index (χ1) is 12.7. The van der Waals surface area contributed by atoms with Gasteiger partial charge in [-0.25, -0.2) is 4.98 Å². The van der Waals surface area contributed by atoms with Crippen LogP contribution in [0.4, 0.5) is 0 Å². The molecule has 26 heavy (non-hydrogen) atoms. The second kappa shape index (κ2) is 9.48. The molecule has 0 saturated carbocycles. The average Bonchev–Trinajstić information content (AvgIpc) is 3.31. The number of nitrogens with zero attached hydrogens (tertiary/aromatic N) is 3. The number of aliphatic imine (C=N–C) groups is 1. The lowest BCUT2D eigenvalue weighted by Crippen LogP contribution is -2.44. The van der Waals surface area contributed by atoms with Crippen LogP contribution in [0.1, 0.15) is 40.6 Å². The predicted molar refractivity (Wildman–Crippen MR) is 112 cm³/mol. The third-order valence-corrected chi connectivity index (χ3v) is 6.80. The first kappa shape index (κ1) is 19.3. The highest BCUT2D eigenvalue weighted by Crippen LogP contribution is 2.29. The molecule has 7 heteroatoms. The molecular weight excluding hydrogens is 362 g/mol. The van der Waals surface area contributed by atoms with Gasteiger partial charge < -0.3 is 10.6 Å². The molecule has 0 spiro atoms. The largest absolute Gasteiger partial charge is 0.354 e. The summed E-state index contributed by atoms with van der Waals surface area (Å²) in [5.74, 6) is 1.70. The molecule has 1 aliphatic heterocycles. The Labute approximate surface area is 164 Å². The van der Waals surface area contributed by atoms with Crippen molar-refractivity contribution >= 4 is 28.6 Å². The van der Waals surface area contributed by atoms with Crippen molar-refractivity contribution in [2.75, 3.05) is 26.7 Å². The minimum absolute atomic E-state index is 0.409. The van der Waals surface area contributed by atoms with Crippen molar-refractivity contribution < 1.29 is 0 Å². The zero-order chi connectivity index (χ0) is 18.4. The highest BCUT2D eigenvalue weighted by Gasteiger charge is 2.25. The molecule has 1 unspecified atom stereocenters. The van der Waals surface area contributed by atoms with Gasteiger partial charge in [0.15, 0.2) is 5.96 Å². The molecule has 3 rings (SSSR count). The van der Waals surface area contributed by atoms with Gasteiger partial charge >= 0.3 is 0 Å². The minimum atomic E-state index is 0.409. The molecule has 142 valence electrons. The van der Waals surface area contributed by atoms with Gasteiger partial charge in [-0.1, -0.05) is 13.0 Å². The first-order valence-electron chi connectivity index (χ1n) is 9.29. The zero-order valence-electron chi connectivity index (χ0n) is 15.9. The summed E-state index contributed by atoms with van der Waals surface area (Å²) >= 11 is 3.57. The summed E-state index contributed by atoms with van der Waals surface area (Å²) in [6, 6.07) is 4.82. The summed E-state index contributed by atoms with van der Waals surface area (Å²) in [5, 5.41) is 10.2. The maximum Gasteiger partial charge on any atom is 0.191 e. The van der Waals surface area contributed by atoms with E-state index in [0.29, 0.717) is 6.04 Å². The number of aryl methyl sites for hydroxylation is 1. The molecule has 1 aliphatic rings. The molecule has 1 atom stereocenters. The lowest BCUT2D eigenvalue weighted by molar-refractivity contribution is 0.140. The van der Waals surface area contributed by atoms with Crippen molar-refractivity contribution in [1.29, 1.82) is 0 Å². The summed E-state index contributed by atoms with van der Waals surface area (Å²) in [5.41, 5.74) is 0. The maximum absolute atomic E-state index is 4.38. The van der Waals surface area contributed by atoms with E-state index in [-0.39, 0.29) is 0 Å². The number of aromatic nitrogens is 1. The molecule has 0 amide bonds. The van der Waals surface area contributed by atoms with Gasteiger partial charge in [-0.05, 0) is 50.2 Å². The second-order valence-electron chi connectivity index (χ2n) is 6.90. The molecule has 3 heterocycles. The van der Waals surface area contributed by atoms with Gasteiger partial charge in [0.25, 0.3) is 0 Å². The second-order valence-corrected chi connectivity index (χ2v) is 9.20. The summed E-state index contributed by atoms with van der Waals surface area (Å²) in [7, 11) is 1.83. The Morgan fingerprint density at radius 2 is 2.19 bits per heavy atom. The van der Waals surface area contributed by atoms with Crippen LogP contribution in [-0.2, 0) is 6.54 Å². The van der Waals surface area contributed by atoms with Crippen LogP contribution in [0.15, 0.2) is 28.7 Å². The molecule has 2 aromatic rings. The van der Waals surface area contributed by atoms with E-state index >= 15 is 0 Å². The Bertz CT molecular complexity index is 687. The van der Waals surface area contributed by atoms with Crippen molar-refractivity contribution in [3.63, 3.8) is 0 Å². The fourth-order valence-corrected chi connectivity index (χ4v) is 4.90. The number of thiophene rings is 1. The van der Waals surface area contributed by atoms with Crippen LogP contribution in [0.25, 0.3) is 0 Å². The van der Waals surface area contributed by atoms with E-state index in [1.807, 2.05) is 31.5 Å². The van der Waals surface area contributed by atoms with Crippen molar-refractivity contribution in [3.05, 3.63) is 38.5 Å². The summed E-state index contributed by atoms with van der Waals surface area (Å²) in [6.45, 7) is 8.39. The van der Waals surface area contributed by atoms with Gasteiger partial charge in [0.05, 0.1) is 17.6 Å². The number of piperidine rings is 1. The fraction of sp³-hybridized carbons (Fsp3) is 0.579. The SMILES string of the molecule is CN=C(NCc1cnc(C)s1)NCC(c1cccs1)N1CCC(C)CC1. The quantitative estimate of drug-likeness (QED) is 0.583. The Morgan fingerprint density at radius 3 is 2.81 bits per heavy atom. The third kappa shape index (κ3) is 5.28. The highest BCUT2D eigenvalue weighted by molar-refractivity contribution is 7.11. The monoisotopic (exact) mass is 391 g/mol. The van der Waals surface area contributed by atoms with E-state index in [9.17, 15) is 0 Å². The van der Waals surface area contributed by atoms with E-state index in [2.05, 4.69) is 49.9 Å². The summed E-state index contributed by atoms with van der Waals surface area (Å²) < 4.78 is 0. The van der Waals surface area contributed by atoms with Crippen molar-refractivity contribution in [2.24, 2.45) is 10.9 Å². The Balaban J connectivity index is 1.57. The maximum atomic E-state index is 4.38. The van der Waals surface area contributed by atoms with Crippen LogP contribution in [0.2, 0.25) is 0 Å². The fourth-order valence-electron chi connectivity index (χ4n) is 3.30. The number of thiazole rings is 1. The van der Waals surface area contributed by atoms with Crippen LogP contribution in [0, 0.1) is 12.8 Å². The lowest BCUT2D eigenvalue weighted by Gasteiger charge is -2.36. The van der Waals surface area contributed by atoms with Crippen LogP contribution in [0.3, 0.4) is 0 Å².